The lowest BCUT2D eigenvalue weighted by Gasteiger charge is -2.19. The van der Waals surface area contributed by atoms with Crippen LogP contribution in [0.4, 0.5) is 5.69 Å². The lowest BCUT2D eigenvalue weighted by Crippen LogP contribution is -2.20. The highest BCUT2D eigenvalue weighted by Gasteiger charge is 2.04. The second kappa shape index (κ2) is 7.20. The largest absolute Gasteiger partial charge is 0.374 e. The number of thioether (sulfide) groups is 1. The normalized spacial score (nSPS) is 10.5. The van der Waals surface area contributed by atoms with Crippen molar-refractivity contribution in [2.75, 3.05) is 37.5 Å². The molecule has 1 aromatic rings. The fourth-order valence-corrected chi connectivity index (χ4v) is 2.43. The third-order valence-electron chi connectivity index (χ3n) is 2.48. The number of halogens is 1. The van der Waals surface area contributed by atoms with Crippen molar-refractivity contribution in [2.45, 2.75) is 6.54 Å². The van der Waals surface area contributed by atoms with Crippen molar-refractivity contribution < 1.29 is 0 Å². The van der Waals surface area contributed by atoms with Crippen molar-refractivity contribution in [3.8, 4) is 0 Å². The summed E-state index contributed by atoms with van der Waals surface area (Å²) in [5.41, 5.74) is 2.56. The zero-order valence-electron chi connectivity index (χ0n) is 10.1. The van der Waals surface area contributed by atoms with Gasteiger partial charge in [0, 0.05) is 36.1 Å². The summed E-state index contributed by atoms with van der Waals surface area (Å²) >= 11 is 5.49. The first-order valence-corrected chi connectivity index (χ1v) is 7.50. The third-order valence-corrected chi connectivity index (χ3v) is 3.80. The standard InChI is InChI=1S/C12H19BrN2S/c1-14-9-10-4-5-11(8-12(10)13)15(2)6-7-16-3/h4-5,8,14H,6-7,9H2,1-3H3. The van der Waals surface area contributed by atoms with Crippen LogP contribution >= 0.6 is 27.7 Å². The molecule has 0 spiro atoms. The Kier molecular flexibility index (Phi) is 6.24. The molecule has 0 bridgehead atoms. The molecule has 0 saturated carbocycles. The van der Waals surface area contributed by atoms with Gasteiger partial charge in [-0.3, -0.25) is 0 Å². The Balaban J connectivity index is 2.71. The van der Waals surface area contributed by atoms with Crippen LogP contribution in [-0.2, 0) is 6.54 Å². The van der Waals surface area contributed by atoms with Crippen LogP contribution < -0.4 is 10.2 Å². The highest BCUT2D eigenvalue weighted by molar-refractivity contribution is 9.10. The molecule has 0 saturated heterocycles. The van der Waals surface area contributed by atoms with Crippen LogP contribution in [-0.4, -0.2) is 32.6 Å². The molecule has 2 nitrogen and oxygen atoms in total. The minimum atomic E-state index is 0.898. The number of benzene rings is 1. The highest BCUT2D eigenvalue weighted by atomic mass is 79.9. The smallest absolute Gasteiger partial charge is 0.0375 e. The number of hydrogen-bond donors (Lipinski definition) is 1. The summed E-state index contributed by atoms with van der Waals surface area (Å²) < 4.78 is 1.18. The van der Waals surface area contributed by atoms with Crippen molar-refractivity contribution in [3.05, 3.63) is 28.2 Å². The van der Waals surface area contributed by atoms with Gasteiger partial charge in [-0.05, 0) is 31.0 Å². The Morgan fingerprint density at radius 1 is 1.44 bits per heavy atom. The molecule has 0 heterocycles. The van der Waals surface area contributed by atoms with Crippen molar-refractivity contribution in [2.24, 2.45) is 0 Å². The molecule has 0 aromatic heterocycles. The van der Waals surface area contributed by atoms with E-state index in [0.29, 0.717) is 0 Å². The van der Waals surface area contributed by atoms with E-state index < -0.39 is 0 Å². The Hall–Kier alpha value is -0.190. The summed E-state index contributed by atoms with van der Waals surface area (Å²) in [6.45, 7) is 1.98. The maximum Gasteiger partial charge on any atom is 0.0375 e. The summed E-state index contributed by atoms with van der Waals surface area (Å²) in [5, 5.41) is 3.16. The molecule has 0 aliphatic carbocycles. The average Bonchev–Trinajstić information content (AvgIpc) is 2.29. The quantitative estimate of drug-likeness (QED) is 0.870. The zero-order valence-corrected chi connectivity index (χ0v) is 12.5. The summed E-state index contributed by atoms with van der Waals surface area (Å²) in [6, 6.07) is 6.54. The molecule has 0 radical (unpaired) electrons. The average molecular weight is 303 g/mol. The van der Waals surface area contributed by atoms with Gasteiger partial charge in [0.2, 0.25) is 0 Å². The van der Waals surface area contributed by atoms with E-state index in [1.54, 1.807) is 0 Å². The maximum absolute atomic E-state index is 3.61. The SMILES string of the molecule is CNCc1ccc(N(C)CCSC)cc1Br. The number of anilines is 1. The van der Waals surface area contributed by atoms with Gasteiger partial charge >= 0.3 is 0 Å². The van der Waals surface area contributed by atoms with Gasteiger partial charge in [0.1, 0.15) is 0 Å². The summed E-state index contributed by atoms with van der Waals surface area (Å²) in [6.07, 6.45) is 2.14. The van der Waals surface area contributed by atoms with Crippen LogP contribution in [0.3, 0.4) is 0 Å². The first-order valence-electron chi connectivity index (χ1n) is 5.32. The Morgan fingerprint density at radius 2 is 2.19 bits per heavy atom. The molecule has 0 amide bonds. The molecule has 0 atom stereocenters. The van der Waals surface area contributed by atoms with Crippen LogP contribution in [0.25, 0.3) is 0 Å². The fourth-order valence-electron chi connectivity index (χ4n) is 1.46. The Bertz CT molecular complexity index is 331. The Labute approximate surface area is 111 Å². The van der Waals surface area contributed by atoms with Gasteiger partial charge in [-0.1, -0.05) is 22.0 Å². The first kappa shape index (κ1) is 13.9. The van der Waals surface area contributed by atoms with Crippen LogP contribution in [0.5, 0.6) is 0 Å². The van der Waals surface area contributed by atoms with Gasteiger partial charge in [0.15, 0.2) is 0 Å². The molecule has 90 valence electrons. The van der Waals surface area contributed by atoms with Gasteiger partial charge in [-0.2, -0.15) is 11.8 Å². The second-order valence-electron chi connectivity index (χ2n) is 3.72. The molecule has 1 aromatic carbocycles. The predicted octanol–water partition coefficient (Wildman–Crippen LogP) is 2.97. The molecule has 0 fully saturated rings. The van der Waals surface area contributed by atoms with Crippen molar-refractivity contribution in [3.63, 3.8) is 0 Å². The van der Waals surface area contributed by atoms with Gasteiger partial charge in [-0.15, -0.1) is 0 Å². The summed E-state index contributed by atoms with van der Waals surface area (Å²) in [4.78, 5) is 2.28. The summed E-state index contributed by atoms with van der Waals surface area (Å²) in [5.74, 6) is 1.16. The third kappa shape index (κ3) is 4.00. The zero-order chi connectivity index (χ0) is 12.0. The molecule has 0 aliphatic heterocycles. The molecule has 1 N–H and O–H groups in total. The van der Waals surface area contributed by atoms with Gasteiger partial charge < -0.3 is 10.2 Å². The van der Waals surface area contributed by atoms with E-state index in [2.05, 4.69) is 57.6 Å². The van der Waals surface area contributed by atoms with Gasteiger partial charge in [0.25, 0.3) is 0 Å². The van der Waals surface area contributed by atoms with Crippen LogP contribution in [0.1, 0.15) is 5.56 Å². The number of nitrogens with zero attached hydrogens (tertiary/aromatic N) is 1. The molecule has 1 rings (SSSR count). The topological polar surface area (TPSA) is 15.3 Å². The molecule has 4 heteroatoms. The van der Waals surface area contributed by atoms with Crippen LogP contribution in [0.15, 0.2) is 22.7 Å². The maximum atomic E-state index is 3.61. The minimum absolute atomic E-state index is 0.898. The van der Waals surface area contributed by atoms with E-state index in [9.17, 15) is 0 Å². The minimum Gasteiger partial charge on any atom is -0.374 e. The molecule has 16 heavy (non-hydrogen) atoms. The molecular formula is C12H19BrN2S. The van der Waals surface area contributed by atoms with E-state index in [1.807, 2.05) is 18.8 Å². The van der Waals surface area contributed by atoms with Gasteiger partial charge in [0.05, 0.1) is 0 Å². The highest BCUT2D eigenvalue weighted by Crippen LogP contribution is 2.23. The van der Waals surface area contributed by atoms with E-state index in [-0.39, 0.29) is 0 Å². The van der Waals surface area contributed by atoms with Crippen molar-refractivity contribution >= 4 is 33.4 Å². The van der Waals surface area contributed by atoms with Crippen LogP contribution in [0.2, 0.25) is 0 Å². The van der Waals surface area contributed by atoms with E-state index in [1.165, 1.54) is 15.7 Å². The Morgan fingerprint density at radius 3 is 2.75 bits per heavy atom. The number of rotatable bonds is 6. The van der Waals surface area contributed by atoms with Crippen LogP contribution in [0, 0.1) is 0 Å². The second-order valence-corrected chi connectivity index (χ2v) is 5.56. The van der Waals surface area contributed by atoms with Crippen molar-refractivity contribution in [1.82, 2.24) is 5.32 Å². The fraction of sp³-hybridized carbons (Fsp3) is 0.500. The first-order chi connectivity index (χ1) is 7.69. The number of nitrogens with one attached hydrogen (secondary N) is 1. The number of hydrogen-bond acceptors (Lipinski definition) is 3. The lowest BCUT2D eigenvalue weighted by atomic mass is 10.2. The lowest BCUT2D eigenvalue weighted by molar-refractivity contribution is 0.814. The van der Waals surface area contributed by atoms with E-state index in [4.69, 9.17) is 0 Å². The monoisotopic (exact) mass is 302 g/mol. The van der Waals surface area contributed by atoms with Crippen molar-refractivity contribution in [1.29, 1.82) is 0 Å². The predicted molar refractivity (Wildman–Crippen MR) is 78.6 cm³/mol. The van der Waals surface area contributed by atoms with Gasteiger partial charge in [-0.25, -0.2) is 0 Å². The van der Waals surface area contributed by atoms with E-state index >= 15 is 0 Å². The molecule has 0 aliphatic rings. The molecule has 0 unspecified atom stereocenters. The summed E-state index contributed by atoms with van der Waals surface area (Å²) in [7, 11) is 4.10. The van der Waals surface area contributed by atoms with E-state index in [0.717, 1.165) is 18.8 Å². The molecular weight excluding hydrogens is 284 g/mol.